The van der Waals surface area contributed by atoms with Crippen LogP contribution in [-0.4, -0.2) is 26.8 Å². The summed E-state index contributed by atoms with van der Waals surface area (Å²) in [5.74, 6) is 0. The minimum Gasteiger partial charge on any atom is -0.379 e. The molecule has 1 heterocycles. The molecule has 0 unspecified atom stereocenters. The van der Waals surface area contributed by atoms with Gasteiger partial charge in [-0.1, -0.05) is 29.8 Å². The highest BCUT2D eigenvalue weighted by Crippen LogP contribution is 2.35. The summed E-state index contributed by atoms with van der Waals surface area (Å²) in [6.07, 6.45) is 0. The molecule has 2 nitrogen and oxygen atoms in total. The maximum Gasteiger partial charge on any atom is 0.0598 e. The van der Waals surface area contributed by atoms with Crippen molar-refractivity contribution in [2.75, 3.05) is 26.8 Å². The predicted molar refractivity (Wildman–Crippen MR) is 57.9 cm³/mol. The fourth-order valence-electron chi connectivity index (χ4n) is 1.93. The molecule has 1 saturated heterocycles. The van der Waals surface area contributed by atoms with E-state index in [0.717, 1.165) is 24.8 Å². The summed E-state index contributed by atoms with van der Waals surface area (Å²) in [5.41, 5.74) is 1.29. The van der Waals surface area contributed by atoms with Crippen molar-refractivity contribution in [1.29, 1.82) is 0 Å². The van der Waals surface area contributed by atoms with Gasteiger partial charge in [0.2, 0.25) is 0 Å². The molecule has 14 heavy (non-hydrogen) atoms. The van der Waals surface area contributed by atoms with E-state index in [2.05, 4.69) is 11.4 Å². The number of benzene rings is 1. The minimum atomic E-state index is 0.0904. The van der Waals surface area contributed by atoms with Gasteiger partial charge in [-0.25, -0.2) is 0 Å². The number of nitrogens with one attached hydrogen (secondary N) is 1. The molecular formula is C11H14ClNO. The quantitative estimate of drug-likeness (QED) is 0.824. The van der Waals surface area contributed by atoms with E-state index in [0.29, 0.717) is 0 Å². The molecule has 1 aliphatic heterocycles. The summed E-state index contributed by atoms with van der Waals surface area (Å²) in [7, 11) is 1.96. The maximum atomic E-state index is 6.17. The molecule has 0 aliphatic carbocycles. The first kappa shape index (κ1) is 9.97. The molecule has 76 valence electrons. The predicted octanol–water partition coefficient (Wildman–Crippen LogP) is 1.83. The molecule has 0 atom stereocenters. The molecule has 0 aromatic heterocycles. The number of halogens is 1. The van der Waals surface area contributed by atoms with Crippen LogP contribution in [0.1, 0.15) is 5.56 Å². The van der Waals surface area contributed by atoms with Gasteiger partial charge in [0.1, 0.15) is 0 Å². The third-order valence-corrected chi connectivity index (χ3v) is 3.05. The summed E-state index contributed by atoms with van der Waals surface area (Å²) in [5, 5.41) is 4.04. The van der Waals surface area contributed by atoms with Crippen LogP contribution in [0.3, 0.4) is 0 Å². The fourth-order valence-corrected chi connectivity index (χ4v) is 2.27. The first-order chi connectivity index (χ1) is 6.78. The Labute approximate surface area is 89.2 Å². The van der Waals surface area contributed by atoms with Gasteiger partial charge < -0.3 is 10.1 Å². The van der Waals surface area contributed by atoms with Crippen molar-refractivity contribution in [2.24, 2.45) is 0 Å². The van der Waals surface area contributed by atoms with Gasteiger partial charge in [0.05, 0.1) is 18.6 Å². The van der Waals surface area contributed by atoms with E-state index in [1.807, 2.05) is 25.2 Å². The van der Waals surface area contributed by atoms with Crippen LogP contribution in [0.15, 0.2) is 24.3 Å². The van der Waals surface area contributed by atoms with Gasteiger partial charge in [-0.15, -0.1) is 0 Å². The number of hydrogen-bond acceptors (Lipinski definition) is 2. The van der Waals surface area contributed by atoms with Crippen LogP contribution < -0.4 is 5.32 Å². The highest BCUT2D eigenvalue weighted by Gasteiger charge is 2.40. The zero-order chi connectivity index (χ0) is 10.0. The second-order valence-electron chi connectivity index (χ2n) is 3.78. The van der Waals surface area contributed by atoms with Crippen LogP contribution in [-0.2, 0) is 10.2 Å². The van der Waals surface area contributed by atoms with Crippen molar-refractivity contribution >= 4 is 11.6 Å². The molecule has 1 aliphatic rings. The van der Waals surface area contributed by atoms with Crippen LogP contribution in [0.25, 0.3) is 0 Å². The van der Waals surface area contributed by atoms with Crippen LogP contribution in [0, 0.1) is 0 Å². The van der Waals surface area contributed by atoms with Gasteiger partial charge in [-0.2, -0.15) is 0 Å². The molecule has 0 bridgehead atoms. The molecule has 0 spiro atoms. The van der Waals surface area contributed by atoms with Crippen molar-refractivity contribution in [1.82, 2.24) is 5.32 Å². The van der Waals surface area contributed by atoms with Gasteiger partial charge in [0.25, 0.3) is 0 Å². The smallest absolute Gasteiger partial charge is 0.0598 e. The lowest BCUT2D eigenvalue weighted by molar-refractivity contribution is -0.0582. The van der Waals surface area contributed by atoms with E-state index < -0.39 is 0 Å². The largest absolute Gasteiger partial charge is 0.379 e. The van der Waals surface area contributed by atoms with Gasteiger partial charge in [0.15, 0.2) is 0 Å². The zero-order valence-electron chi connectivity index (χ0n) is 8.22. The molecule has 0 radical (unpaired) electrons. The van der Waals surface area contributed by atoms with Crippen molar-refractivity contribution < 1.29 is 4.74 Å². The Morgan fingerprint density at radius 1 is 1.43 bits per heavy atom. The van der Waals surface area contributed by atoms with E-state index in [9.17, 15) is 0 Å². The van der Waals surface area contributed by atoms with E-state index in [4.69, 9.17) is 16.3 Å². The van der Waals surface area contributed by atoms with Crippen molar-refractivity contribution in [2.45, 2.75) is 5.41 Å². The van der Waals surface area contributed by atoms with Crippen molar-refractivity contribution in [3.8, 4) is 0 Å². The van der Waals surface area contributed by atoms with Crippen LogP contribution in [0.4, 0.5) is 0 Å². The molecule has 3 heteroatoms. The minimum absolute atomic E-state index is 0.0904. The van der Waals surface area contributed by atoms with Gasteiger partial charge >= 0.3 is 0 Å². The lowest BCUT2D eigenvalue weighted by Crippen LogP contribution is -2.53. The van der Waals surface area contributed by atoms with Crippen LogP contribution >= 0.6 is 11.6 Å². The lowest BCUT2D eigenvalue weighted by Gasteiger charge is -2.42. The second kappa shape index (κ2) is 3.89. The monoisotopic (exact) mass is 211 g/mol. The average molecular weight is 212 g/mol. The average Bonchev–Trinajstić information content (AvgIpc) is 2.13. The number of likely N-dealkylation sites (N-methyl/N-ethyl adjacent to an activating group) is 1. The summed E-state index contributed by atoms with van der Waals surface area (Å²) >= 11 is 6.17. The number of ether oxygens (including phenoxy) is 1. The first-order valence-electron chi connectivity index (χ1n) is 4.76. The highest BCUT2D eigenvalue weighted by atomic mass is 35.5. The Kier molecular flexibility index (Phi) is 2.77. The first-order valence-corrected chi connectivity index (χ1v) is 5.14. The Morgan fingerprint density at radius 3 is 2.64 bits per heavy atom. The molecule has 1 N–H and O–H groups in total. The maximum absolute atomic E-state index is 6.17. The number of hydrogen-bond donors (Lipinski definition) is 1. The van der Waals surface area contributed by atoms with Crippen molar-refractivity contribution in [3.05, 3.63) is 34.9 Å². The Balaban J connectivity index is 2.32. The SMILES string of the molecule is CNCC1(c2ccccc2Cl)COC1. The topological polar surface area (TPSA) is 21.3 Å². The second-order valence-corrected chi connectivity index (χ2v) is 4.19. The fraction of sp³-hybridized carbons (Fsp3) is 0.455. The standard InChI is InChI=1S/C11H14ClNO/c1-13-6-11(7-14-8-11)9-4-2-3-5-10(9)12/h2-5,13H,6-8H2,1H3. The third kappa shape index (κ3) is 1.54. The molecule has 0 saturated carbocycles. The Bertz CT molecular complexity index is 323. The highest BCUT2D eigenvalue weighted by molar-refractivity contribution is 6.31. The zero-order valence-corrected chi connectivity index (χ0v) is 8.97. The summed E-state index contributed by atoms with van der Waals surface area (Å²) < 4.78 is 5.30. The summed E-state index contributed by atoms with van der Waals surface area (Å²) in [6, 6.07) is 8.00. The Morgan fingerprint density at radius 2 is 2.14 bits per heavy atom. The molecular weight excluding hydrogens is 198 g/mol. The van der Waals surface area contributed by atoms with Crippen molar-refractivity contribution in [3.63, 3.8) is 0 Å². The van der Waals surface area contributed by atoms with Crippen LogP contribution in [0.5, 0.6) is 0 Å². The third-order valence-electron chi connectivity index (χ3n) is 2.72. The lowest BCUT2D eigenvalue weighted by atomic mass is 9.78. The van der Waals surface area contributed by atoms with Crippen LogP contribution in [0.2, 0.25) is 5.02 Å². The summed E-state index contributed by atoms with van der Waals surface area (Å²) in [6.45, 7) is 2.44. The summed E-state index contributed by atoms with van der Waals surface area (Å²) in [4.78, 5) is 0. The normalized spacial score (nSPS) is 19.0. The molecule has 1 aromatic rings. The van der Waals surface area contributed by atoms with E-state index in [-0.39, 0.29) is 5.41 Å². The van der Waals surface area contributed by atoms with E-state index in [1.54, 1.807) is 0 Å². The van der Waals surface area contributed by atoms with E-state index in [1.165, 1.54) is 5.56 Å². The molecule has 2 rings (SSSR count). The molecule has 1 fully saturated rings. The Hall–Kier alpha value is -0.570. The molecule has 1 aromatic carbocycles. The molecule has 0 amide bonds. The van der Waals surface area contributed by atoms with Gasteiger partial charge in [-0.3, -0.25) is 0 Å². The van der Waals surface area contributed by atoms with Gasteiger partial charge in [0, 0.05) is 11.6 Å². The van der Waals surface area contributed by atoms with Gasteiger partial charge in [-0.05, 0) is 18.7 Å². The van der Waals surface area contributed by atoms with E-state index >= 15 is 0 Å². The number of rotatable bonds is 3.